The largest absolute Gasteiger partial charge is 0.378 e. The van der Waals surface area contributed by atoms with Crippen molar-refractivity contribution in [1.82, 2.24) is 0 Å². The average Bonchev–Trinajstić information content (AvgIpc) is 3.02. The van der Waals surface area contributed by atoms with E-state index in [1.165, 1.54) is 64.2 Å². The fraction of sp³-hybridized carbons (Fsp3) is 1.00. The van der Waals surface area contributed by atoms with Gasteiger partial charge in [-0.15, -0.1) is 0 Å². The summed E-state index contributed by atoms with van der Waals surface area (Å²) in [6, 6.07) is 0. The normalized spacial score (nSPS) is 29.8. The first-order valence-electron chi connectivity index (χ1n) is 8.11. The highest BCUT2D eigenvalue weighted by Crippen LogP contribution is 2.29. The van der Waals surface area contributed by atoms with Crippen molar-refractivity contribution >= 4 is 0 Å². The molecular formula is C16H30O2. The topological polar surface area (TPSA) is 18.5 Å². The third kappa shape index (κ3) is 4.89. The second kappa shape index (κ2) is 8.16. The summed E-state index contributed by atoms with van der Waals surface area (Å²) in [6.45, 7) is 4.27. The van der Waals surface area contributed by atoms with Gasteiger partial charge in [0.2, 0.25) is 0 Å². The Morgan fingerprint density at radius 1 is 0.944 bits per heavy atom. The smallest absolute Gasteiger partial charge is 0.0578 e. The summed E-state index contributed by atoms with van der Waals surface area (Å²) in [5.74, 6) is 0.836. The minimum Gasteiger partial charge on any atom is -0.378 e. The van der Waals surface area contributed by atoms with E-state index in [0.717, 1.165) is 19.1 Å². The van der Waals surface area contributed by atoms with Crippen LogP contribution in [0.1, 0.15) is 71.1 Å². The van der Waals surface area contributed by atoms with E-state index in [9.17, 15) is 0 Å². The van der Waals surface area contributed by atoms with Gasteiger partial charge < -0.3 is 9.47 Å². The van der Waals surface area contributed by atoms with Gasteiger partial charge in [0.15, 0.2) is 0 Å². The molecule has 0 saturated carbocycles. The number of hydrogen-bond acceptors (Lipinski definition) is 2. The van der Waals surface area contributed by atoms with Crippen LogP contribution in [0.4, 0.5) is 0 Å². The lowest BCUT2D eigenvalue weighted by molar-refractivity contribution is 0.0574. The molecule has 0 aromatic carbocycles. The molecule has 2 fully saturated rings. The minimum absolute atomic E-state index is 0.554. The second-order valence-electron chi connectivity index (χ2n) is 6.10. The van der Waals surface area contributed by atoms with E-state index in [2.05, 4.69) is 6.92 Å². The van der Waals surface area contributed by atoms with E-state index >= 15 is 0 Å². The summed E-state index contributed by atoms with van der Waals surface area (Å²) in [4.78, 5) is 0. The molecule has 106 valence electrons. The molecular weight excluding hydrogens is 224 g/mol. The summed E-state index contributed by atoms with van der Waals surface area (Å²) in [6.07, 6.45) is 14.3. The van der Waals surface area contributed by atoms with Crippen molar-refractivity contribution in [3.63, 3.8) is 0 Å². The van der Waals surface area contributed by atoms with Gasteiger partial charge in [-0.25, -0.2) is 0 Å². The van der Waals surface area contributed by atoms with Gasteiger partial charge in [0.1, 0.15) is 0 Å². The van der Waals surface area contributed by atoms with Gasteiger partial charge in [-0.1, -0.05) is 32.6 Å². The predicted octanol–water partition coefficient (Wildman–Crippen LogP) is 4.32. The molecule has 2 aliphatic rings. The summed E-state index contributed by atoms with van der Waals surface area (Å²) >= 11 is 0. The van der Waals surface area contributed by atoms with Crippen molar-refractivity contribution in [3.05, 3.63) is 0 Å². The monoisotopic (exact) mass is 254 g/mol. The van der Waals surface area contributed by atoms with E-state index in [4.69, 9.17) is 9.47 Å². The standard InChI is InChI=1S/C16H30O2/c1-2-3-4-7-14(12-15-8-5-10-17-15)13-16-9-6-11-18-16/h14-16H,2-13H2,1H3. The molecule has 0 bridgehead atoms. The highest BCUT2D eigenvalue weighted by molar-refractivity contribution is 4.75. The van der Waals surface area contributed by atoms with Crippen LogP contribution in [0.2, 0.25) is 0 Å². The zero-order valence-electron chi connectivity index (χ0n) is 12.0. The maximum Gasteiger partial charge on any atom is 0.0578 e. The SMILES string of the molecule is CCCCCC(CC1CCCO1)CC1CCCO1. The maximum absolute atomic E-state index is 5.81. The average molecular weight is 254 g/mol. The Kier molecular flexibility index (Phi) is 6.50. The molecule has 2 nitrogen and oxygen atoms in total. The van der Waals surface area contributed by atoms with Crippen molar-refractivity contribution < 1.29 is 9.47 Å². The minimum atomic E-state index is 0.554. The molecule has 2 unspecified atom stereocenters. The number of hydrogen-bond donors (Lipinski definition) is 0. The lowest BCUT2D eigenvalue weighted by atomic mass is 9.88. The van der Waals surface area contributed by atoms with Crippen molar-refractivity contribution in [3.8, 4) is 0 Å². The van der Waals surface area contributed by atoms with Gasteiger partial charge in [-0.2, -0.15) is 0 Å². The number of unbranched alkanes of at least 4 members (excludes halogenated alkanes) is 2. The molecule has 2 saturated heterocycles. The predicted molar refractivity (Wildman–Crippen MR) is 74.8 cm³/mol. The molecule has 2 atom stereocenters. The van der Waals surface area contributed by atoms with Gasteiger partial charge in [0.05, 0.1) is 12.2 Å². The maximum atomic E-state index is 5.81. The van der Waals surface area contributed by atoms with Crippen molar-refractivity contribution in [1.29, 1.82) is 0 Å². The zero-order chi connectivity index (χ0) is 12.6. The lowest BCUT2D eigenvalue weighted by Gasteiger charge is -2.23. The highest BCUT2D eigenvalue weighted by Gasteiger charge is 2.25. The van der Waals surface area contributed by atoms with Crippen LogP contribution in [0.5, 0.6) is 0 Å². The molecule has 2 aliphatic heterocycles. The Labute approximate surface area is 112 Å². The molecule has 0 aromatic rings. The molecule has 0 amide bonds. The van der Waals surface area contributed by atoms with Gasteiger partial charge in [-0.05, 0) is 44.4 Å². The second-order valence-corrected chi connectivity index (χ2v) is 6.10. The molecule has 18 heavy (non-hydrogen) atoms. The van der Waals surface area contributed by atoms with Crippen molar-refractivity contribution in [2.45, 2.75) is 83.3 Å². The Hall–Kier alpha value is -0.0800. The Bertz CT molecular complexity index is 187. The molecule has 0 spiro atoms. The Balaban J connectivity index is 1.72. The number of ether oxygens (including phenoxy) is 2. The van der Waals surface area contributed by atoms with E-state index in [1.807, 2.05) is 0 Å². The Morgan fingerprint density at radius 2 is 1.56 bits per heavy atom. The quantitative estimate of drug-likeness (QED) is 0.601. The van der Waals surface area contributed by atoms with Gasteiger partial charge in [0, 0.05) is 13.2 Å². The van der Waals surface area contributed by atoms with Crippen LogP contribution < -0.4 is 0 Å². The van der Waals surface area contributed by atoms with Crippen LogP contribution in [-0.4, -0.2) is 25.4 Å². The first-order valence-corrected chi connectivity index (χ1v) is 8.11. The van der Waals surface area contributed by atoms with Crippen molar-refractivity contribution in [2.24, 2.45) is 5.92 Å². The first-order chi connectivity index (χ1) is 8.88. The summed E-state index contributed by atoms with van der Waals surface area (Å²) in [5, 5.41) is 0. The van der Waals surface area contributed by atoms with E-state index < -0.39 is 0 Å². The molecule has 0 N–H and O–H groups in total. The van der Waals surface area contributed by atoms with Crippen LogP contribution in [0.3, 0.4) is 0 Å². The third-order valence-corrected chi connectivity index (χ3v) is 4.46. The van der Waals surface area contributed by atoms with E-state index in [0.29, 0.717) is 12.2 Å². The van der Waals surface area contributed by atoms with Gasteiger partial charge >= 0.3 is 0 Å². The van der Waals surface area contributed by atoms with E-state index in [1.54, 1.807) is 0 Å². The van der Waals surface area contributed by atoms with Crippen LogP contribution >= 0.6 is 0 Å². The first kappa shape index (κ1) is 14.3. The fourth-order valence-electron chi connectivity index (χ4n) is 3.42. The van der Waals surface area contributed by atoms with Crippen LogP contribution in [0.15, 0.2) is 0 Å². The Morgan fingerprint density at radius 3 is 2.00 bits per heavy atom. The third-order valence-electron chi connectivity index (χ3n) is 4.46. The lowest BCUT2D eigenvalue weighted by Crippen LogP contribution is -2.18. The number of rotatable bonds is 8. The van der Waals surface area contributed by atoms with Gasteiger partial charge in [-0.3, -0.25) is 0 Å². The van der Waals surface area contributed by atoms with Crippen LogP contribution in [0.25, 0.3) is 0 Å². The summed E-state index contributed by atoms with van der Waals surface area (Å²) < 4.78 is 11.6. The molecule has 2 heterocycles. The fourth-order valence-corrected chi connectivity index (χ4v) is 3.42. The van der Waals surface area contributed by atoms with Crippen LogP contribution in [-0.2, 0) is 9.47 Å². The summed E-state index contributed by atoms with van der Waals surface area (Å²) in [5.41, 5.74) is 0. The molecule has 0 aliphatic carbocycles. The molecule has 0 radical (unpaired) electrons. The van der Waals surface area contributed by atoms with Gasteiger partial charge in [0.25, 0.3) is 0 Å². The molecule has 2 rings (SSSR count). The van der Waals surface area contributed by atoms with E-state index in [-0.39, 0.29) is 0 Å². The summed E-state index contributed by atoms with van der Waals surface area (Å²) in [7, 11) is 0. The van der Waals surface area contributed by atoms with Crippen molar-refractivity contribution in [2.75, 3.05) is 13.2 Å². The zero-order valence-corrected chi connectivity index (χ0v) is 12.0. The molecule has 0 aromatic heterocycles. The van der Waals surface area contributed by atoms with Crippen LogP contribution in [0, 0.1) is 5.92 Å². The molecule has 2 heteroatoms. The highest BCUT2D eigenvalue weighted by atomic mass is 16.5.